The second-order valence-electron chi connectivity index (χ2n) is 4.62. The third-order valence-electron chi connectivity index (χ3n) is 3.17. The molecule has 1 atom stereocenters. The molecule has 0 spiro atoms. The quantitative estimate of drug-likeness (QED) is 0.802. The molecule has 1 fully saturated rings. The van der Waals surface area contributed by atoms with Crippen LogP contribution in [0.3, 0.4) is 0 Å². The van der Waals surface area contributed by atoms with E-state index in [1.807, 2.05) is 10.9 Å². The molecule has 1 aliphatic rings. The molecule has 1 aromatic heterocycles. The molecular weight excluding hydrogens is 200 g/mol. The molecule has 1 unspecified atom stereocenters. The van der Waals surface area contributed by atoms with Crippen LogP contribution < -0.4 is 5.32 Å². The summed E-state index contributed by atoms with van der Waals surface area (Å²) in [5.74, 6) is 0. The Kier molecular flexibility index (Phi) is 3.96. The van der Waals surface area contributed by atoms with Gasteiger partial charge in [-0.2, -0.15) is 5.10 Å². The van der Waals surface area contributed by atoms with Crippen LogP contribution in [0.15, 0.2) is 12.4 Å². The van der Waals surface area contributed by atoms with Crippen molar-refractivity contribution in [3.8, 4) is 0 Å². The van der Waals surface area contributed by atoms with Crippen LogP contribution in [0.25, 0.3) is 0 Å². The van der Waals surface area contributed by atoms with Gasteiger partial charge >= 0.3 is 0 Å². The van der Waals surface area contributed by atoms with Gasteiger partial charge in [-0.15, -0.1) is 0 Å². The molecule has 1 aliphatic heterocycles. The van der Waals surface area contributed by atoms with Gasteiger partial charge in [-0.25, -0.2) is 0 Å². The lowest BCUT2D eigenvalue weighted by molar-refractivity contribution is 0.307. The number of aryl methyl sites for hydroxylation is 1. The van der Waals surface area contributed by atoms with Gasteiger partial charge in [0.1, 0.15) is 0 Å². The second-order valence-corrected chi connectivity index (χ2v) is 4.62. The predicted molar refractivity (Wildman–Crippen MR) is 65.5 cm³/mol. The van der Waals surface area contributed by atoms with E-state index in [0.717, 1.165) is 19.6 Å². The van der Waals surface area contributed by atoms with E-state index in [-0.39, 0.29) is 0 Å². The Balaban J connectivity index is 1.71. The molecule has 0 amide bonds. The van der Waals surface area contributed by atoms with Crippen LogP contribution in [0.4, 0.5) is 0 Å². The number of nitrogens with zero attached hydrogens (tertiary/aromatic N) is 3. The van der Waals surface area contributed by atoms with Gasteiger partial charge in [0.05, 0.1) is 12.7 Å². The van der Waals surface area contributed by atoms with Crippen LogP contribution in [0, 0.1) is 6.92 Å². The average Bonchev–Trinajstić information content (AvgIpc) is 2.85. The Bertz CT molecular complexity index is 321. The molecular formula is C12H22N4. The number of aromatic nitrogens is 2. The summed E-state index contributed by atoms with van der Waals surface area (Å²) in [6.07, 6.45) is 5.31. The van der Waals surface area contributed by atoms with Crippen molar-refractivity contribution in [2.75, 3.05) is 26.2 Å². The molecule has 0 radical (unpaired) electrons. The largest absolute Gasteiger partial charge is 0.313 e. The van der Waals surface area contributed by atoms with Crippen molar-refractivity contribution in [2.24, 2.45) is 0 Å². The maximum Gasteiger partial charge on any atom is 0.0536 e. The first kappa shape index (κ1) is 11.6. The van der Waals surface area contributed by atoms with Crippen LogP contribution in [0.2, 0.25) is 0 Å². The smallest absolute Gasteiger partial charge is 0.0536 e. The monoisotopic (exact) mass is 222 g/mol. The van der Waals surface area contributed by atoms with Crippen LogP contribution in [-0.2, 0) is 6.54 Å². The van der Waals surface area contributed by atoms with Gasteiger partial charge in [0, 0.05) is 25.3 Å². The van der Waals surface area contributed by atoms with Crippen molar-refractivity contribution >= 4 is 0 Å². The van der Waals surface area contributed by atoms with Gasteiger partial charge in [0.2, 0.25) is 0 Å². The Morgan fingerprint density at radius 2 is 2.38 bits per heavy atom. The first-order valence-corrected chi connectivity index (χ1v) is 6.22. The highest BCUT2D eigenvalue weighted by molar-refractivity contribution is 4.99. The molecule has 2 heterocycles. The maximum absolute atomic E-state index is 4.31. The van der Waals surface area contributed by atoms with Gasteiger partial charge in [0.25, 0.3) is 0 Å². The topological polar surface area (TPSA) is 33.1 Å². The fourth-order valence-electron chi connectivity index (χ4n) is 2.32. The Morgan fingerprint density at radius 3 is 3.06 bits per heavy atom. The first-order valence-electron chi connectivity index (χ1n) is 6.22. The number of hydrogen-bond donors (Lipinski definition) is 1. The van der Waals surface area contributed by atoms with Gasteiger partial charge in [-0.1, -0.05) is 6.92 Å². The summed E-state index contributed by atoms with van der Waals surface area (Å²) >= 11 is 0. The first-order chi connectivity index (χ1) is 7.78. The highest BCUT2D eigenvalue weighted by Crippen LogP contribution is 2.08. The molecule has 0 bridgehead atoms. The molecule has 4 heteroatoms. The van der Waals surface area contributed by atoms with Crippen molar-refractivity contribution in [3.05, 3.63) is 18.0 Å². The third-order valence-corrected chi connectivity index (χ3v) is 3.17. The summed E-state index contributed by atoms with van der Waals surface area (Å²) in [5, 5.41) is 7.82. The van der Waals surface area contributed by atoms with Crippen LogP contribution in [0.1, 0.15) is 18.9 Å². The minimum Gasteiger partial charge on any atom is -0.313 e. The lowest BCUT2D eigenvalue weighted by atomic mass is 10.3. The number of likely N-dealkylation sites (N-methyl/N-ethyl adjacent to an activating group) is 1. The van der Waals surface area contributed by atoms with Gasteiger partial charge in [-0.05, 0) is 32.0 Å². The number of hydrogen-bond acceptors (Lipinski definition) is 3. The van der Waals surface area contributed by atoms with Crippen molar-refractivity contribution in [3.63, 3.8) is 0 Å². The number of nitrogens with one attached hydrogen (secondary N) is 1. The highest BCUT2D eigenvalue weighted by atomic mass is 15.3. The van der Waals surface area contributed by atoms with Crippen LogP contribution >= 0.6 is 0 Å². The van der Waals surface area contributed by atoms with Crippen molar-refractivity contribution in [2.45, 2.75) is 32.9 Å². The van der Waals surface area contributed by atoms with Crippen molar-refractivity contribution in [1.82, 2.24) is 20.0 Å². The molecule has 1 N–H and O–H groups in total. The van der Waals surface area contributed by atoms with Gasteiger partial charge < -0.3 is 5.32 Å². The predicted octanol–water partition coefficient (Wildman–Crippen LogP) is 0.875. The third kappa shape index (κ3) is 3.06. The zero-order valence-electron chi connectivity index (χ0n) is 10.3. The normalized spacial score (nSPS) is 21.8. The minimum atomic E-state index is 0.698. The summed E-state index contributed by atoms with van der Waals surface area (Å²) in [5.41, 5.74) is 1.24. The fraction of sp³-hybridized carbons (Fsp3) is 0.750. The summed E-state index contributed by atoms with van der Waals surface area (Å²) in [6.45, 7) is 9.87. The highest BCUT2D eigenvalue weighted by Gasteiger charge is 2.20. The van der Waals surface area contributed by atoms with Gasteiger partial charge in [-0.3, -0.25) is 9.58 Å². The SMILES string of the molecule is CCNC1CCN(CCn2cc(C)cn2)C1. The van der Waals surface area contributed by atoms with Crippen LogP contribution in [-0.4, -0.2) is 46.9 Å². The lowest BCUT2D eigenvalue weighted by Gasteiger charge is -2.16. The summed E-state index contributed by atoms with van der Waals surface area (Å²) in [4.78, 5) is 2.52. The summed E-state index contributed by atoms with van der Waals surface area (Å²) in [6, 6.07) is 0.698. The lowest BCUT2D eigenvalue weighted by Crippen LogP contribution is -2.33. The molecule has 0 saturated carbocycles. The number of rotatable bonds is 5. The average molecular weight is 222 g/mol. The van der Waals surface area contributed by atoms with E-state index >= 15 is 0 Å². The van der Waals surface area contributed by atoms with E-state index in [1.54, 1.807) is 0 Å². The van der Waals surface area contributed by atoms with E-state index in [2.05, 4.69) is 35.4 Å². The Hall–Kier alpha value is -0.870. The molecule has 0 aliphatic carbocycles. The van der Waals surface area contributed by atoms with E-state index < -0.39 is 0 Å². The standard InChI is InChI=1S/C12H22N4/c1-3-13-12-4-5-15(10-12)6-7-16-9-11(2)8-14-16/h8-9,12-13H,3-7,10H2,1-2H3. The molecule has 4 nitrogen and oxygen atoms in total. The zero-order valence-corrected chi connectivity index (χ0v) is 10.3. The van der Waals surface area contributed by atoms with Crippen LogP contribution in [0.5, 0.6) is 0 Å². The van der Waals surface area contributed by atoms with E-state index in [0.29, 0.717) is 6.04 Å². The molecule has 1 aromatic rings. The maximum atomic E-state index is 4.31. The molecule has 2 rings (SSSR count). The Labute approximate surface area is 97.6 Å². The molecule has 16 heavy (non-hydrogen) atoms. The fourth-order valence-corrected chi connectivity index (χ4v) is 2.32. The van der Waals surface area contributed by atoms with Gasteiger partial charge in [0.15, 0.2) is 0 Å². The molecule has 0 aromatic carbocycles. The van der Waals surface area contributed by atoms with Crippen molar-refractivity contribution in [1.29, 1.82) is 0 Å². The zero-order chi connectivity index (χ0) is 11.4. The van der Waals surface area contributed by atoms with E-state index in [1.165, 1.54) is 25.1 Å². The summed E-state index contributed by atoms with van der Waals surface area (Å²) < 4.78 is 2.04. The van der Waals surface area contributed by atoms with E-state index in [4.69, 9.17) is 0 Å². The molecule has 1 saturated heterocycles. The second kappa shape index (κ2) is 5.46. The Morgan fingerprint density at radius 1 is 1.50 bits per heavy atom. The molecule has 90 valence electrons. The number of likely N-dealkylation sites (tertiary alicyclic amines) is 1. The minimum absolute atomic E-state index is 0.698. The van der Waals surface area contributed by atoms with Crippen molar-refractivity contribution < 1.29 is 0 Å². The summed E-state index contributed by atoms with van der Waals surface area (Å²) in [7, 11) is 0. The van der Waals surface area contributed by atoms with E-state index in [9.17, 15) is 0 Å².